The fourth-order valence-corrected chi connectivity index (χ4v) is 4.60. The first-order chi connectivity index (χ1) is 13.4. The van der Waals surface area contributed by atoms with E-state index in [1.807, 2.05) is 5.38 Å². The Morgan fingerprint density at radius 3 is 2.57 bits per heavy atom. The molecule has 144 valence electrons. The molecule has 1 aromatic heterocycles. The highest BCUT2D eigenvalue weighted by atomic mass is 32.2. The average Bonchev–Trinajstić information content (AvgIpc) is 3.10. The minimum atomic E-state index is -0.119. The number of anilines is 1. The van der Waals surface area contributed by atoms with E-state index in [1.165, 1.54) is 23.6 Å². The third-order valence-corrected chi connectivity index (χ3v) is 6.42. The van der Waals surface area contributed by atoms with Gasteiger partial charge in [0.05, 0.1) is 12.1 Å². The summed E-state index contributed by atoms with van der Waals surface area (Å²) in [7, 11) is 0. The molecule has 0 saturated heterocycles. The number of carbonyl (C=O) groups is 2. The van der Waals surface area contributed by atoms with Gasteiger partial charge in [0.2, 0.25) is 5.91 Å². The molecule has 0 unspecified atom stereocenters. The van der Waals surface area contributed by atoms with Gasteiger partial charge in [-0.1, -0.05) is 35.5 Å². The third kappa shape index (κ3) is 5.53. The summed E-state index contributed by atoms with van der Waals surface area (Å²) < 4.78 is 0.967. The van der Waals surface area contributed by atoms with Crippen LogP contribution in [0.25, 0.3) is 0 Å². The molecular formula is C22H22N2O2S2. The molecule has 0 bridgehead atoms. The summed E-state index contributed by atoms with van der Waals surface area (Å²) in [6.07, 6.45) is 0.231. The quantitative estimate of drug-likeness (QED) is 0.416. The van der Waals surface area contributed by atoms with Crippen LogP contribution >= 0.6 is 23.1 Å². The van der Waals surface area contributed by atoms with E-state index < -0.39 is 0 Å². The molecule has 1 amide bonds. The number of Topliss-reactive ketones (excluding diaryl/α,β-unsaturated/α-hetero) is 1. The molecule has 0 fully saturated rings. The highest BCUT2D eigenvalue weighted by molar-refractivity contribution is 8.00. The normalized spacial score (nSPS) is 10.7. The van der Waals surface area contributed by atoms with Crippen molar-refractivity contribution in [1.82, 2.24) is 4.98 Å². The topological polar surface area (TPSA) is 59.1 Å². The average molecular weight is 411 g/mol. The molecule has 0 aliphatic rings. The Kier molecular flexibility index (Phi) is 6.65. The van der Waals surface area contributed by atoms with E-state index in [4.69, 9.17) is 0 Å². The predicted octanol–water partition coefficient (Wildman–Crippen LogP) is 5.44. The Labute approximate surface area is 173 Å². The van der Waals surface area contributed by atoms with Gasteiger partial charge in [0.1, 0.15) is 4.34 Å². The summed E-state index contributed by atoms with van der Waals surface area (Å²) in [4.78, 5) is 28.1. The van der Waals surface area contributed by atoms with Crippen molar-refractivity contribution in [2.75, 3.05) is 5.32 Å². The molecule has 2 aromatic carbocycles. The van der Waals surface area contributed by atoms with E-state index in [-0.39, 0.29) is 18.1 Å². The van der Waals surface area contributed by atoms with Gasteiger partial charge in [0.15, 0.2) is 5.78 Å². The van der Waals surface area contributed by atoms with Gasteiger partial charge in [-0.2, -0.15) is 0 Å². The van der Waals surface area contributed by atoms with Crippen molar-refractivity contribution < 1.29 is 9.59 Å². The van der Waals surface area contributed by atoms with Crippen LogP contribution in [0.5, 0.6) is 0 Å². The Bertz CT molecular complexity index is 994. The molecule has 0 saturated carbocycles. The number of carbonyl (C=O) groups excluding carboxylic acids is 2. The number of benzene rings is 2. The zero-order valence-corrected chi connectivity index (χ0v) is 17.7. The van der Waals surface area contributed by atoms with Gasteiger partial charge in [-0.05, 0) is 56.2 Å². The van der Waals surface area contributed by atoms with E-state index in [9.17, 15) is 9.59 Å². The third-order valence-electron chi connectivity index (χ3n) is 4.30. The lowest BCUT2D eigenvalue weighted by atomic mass is 10.1. The number of hydrogen-bond acceptors (Lipinski definition) is 5. The summed E-state index contributed by atoms with van der Waals surface area (Å²) >= 11 is 3.26. The second-order valence-electron chi connectivity index (χ2n) is 6.68. The molecule has 6 heteroatoms. The molecule has 0 spiro atoms. The standard InChI is InChI=1S/C22H22N2O2S2/c1-14-4-5-15(2)18(10-14)12-27-22-24-20(13-28-22)11-21(26)23-19-8-6-17(7-9-19)16(3)25/h4-10,13H,11-12H2,1-3H3,(H,23,26). The van der Waals surface area contributed by atoms with Crippen LogP contribution in [0.1, 0.15) is 39.7 Å². The summed E-state index contributed by atoms with van der Waals surface area (Å²) in [5.41, 5.74) is 5.93. The van der Waals surface area contributed by atoms with Crippen LogP contribution in [0.4, 0.5) is 5.69 Å². The molecule has 0 aliphatic carbocycles. The Morgan fingerprint density at radius 1 is 1.11 bits per heavy atom. The van der Waals surface area contributed by atoms with Crippen molar-refractivity contribution in [3.63, 3.8) is 0 Å². The molecule has 0 aliphatic heterocycles. The molecule has 0 atom stereocenters. The van der Waals surface area contributed by atoms with Crippen molar-refractivity contribution in [2.24, 2.45) is 0 Å². The second-order valence-corrected chi connectivity index (χ2v) is 8.76. The van der Waals surface area contributed by atoms with Crippen LogP contribution in [0.3, 0.4) is 0 Å². The van der Waals surface area contributed by atoms with Crippen LogP contribution < -0.4 is 5.32 Å². The maximum Gasteiger partial charge on any atom is 0.230 e. The molecule has 3 aromatic rings. The second kappa shape index (κ2) is 9.17. The smallest absolute Gasteiger partial charge is 0.230 e. The molecule has 4 nitrogen and oxygen atoms in total. The van der Waals surface area contributed by atoms with E-state index >= 15 is 0 Å². The number of aromatic nitrogens is 1. The minimum Gasteiger partial charge on any atom is -0.326 e. The van der Waals surface area contributed by atoms with Gasteiger partial charge in [-0.3, -0.25) is 9.59 Å². The van der Waals surface area contributed by atoms with E-state index in [2.05, 4.69) is 42.3 Å². The number of nitrogens with one attached hydrogen (secondary N) is 1. The fraction of sp³-hybridized carbons (Fsp3) is 0.227. The van der Waals surface area contributed by atoms with Crippen molar-refractivity contribution in [1.29, 1.82) is 0 Å². The first kappa shape index (κ1) is 20.3. The van der Waals surface area contributed by atoms with Gasteiger partial charge < -0.3 is 5.32 Å². The van der Waals surface area contributed by atoms with Crippen molar-refractivity contribution in [2.45, 2.75) is 37.3 Å². The van der Waals surface area contributed by atoms with Crippen LogP contribution in [0.2, 0.25) is 0 Å². The summed E-state index contributed by atoms with van der Waals surface area (Å²) in [5.74, 6) is 0.757. The first-order valence-electron chi connectivity index (χ1n) is 8.95. The summed E-state index contributed by atoms with van der Waals surface area (Å²) in [6, 6.07) is 13.4. The number of thiazole rings is 1. The SMILES string of the molecule is CC(=O)c1ccc(NC(=O)Cc2csc(SCc3cc(C)ccc3C)n2)cc1. The van der Waals surface area contributed by atoms with Gasteiger partial charge in [-0.25, -0.2) is 4.98 Å². The van der Waals surface area contributed by atoms with Crippen molar-refractivity contribution in [3.8, 4) is 0 Å². The minimum absolute atomic E-state index is 0.00577. The van der Waals surface area contributed by atoms with E-state index in [0.29, 0.717) is 11.3 Å². The van der Waals surface area contributed by atoms with Crippen LogP contribution in [0.15, 0.2) is 52.2 Å². The van der Waals surface area contributed by atoms with Gasteiger partial charge >= 0.3 is 0 Å². The molecule has 28 heavy (non-hydrogen) atoms. The van der Waals surface area contributed by atoms with Crippen LogP contribution in [-0.4, -0.2) is 16.7 Å². The maximum atomic E-state index is 12.3. The molecule has 0 radical (unpaired) electrons. The zero-order chi connectivity index (χ0) is 20.1. The van der Waals surface area contributed by atoms with Crippen molar-refractivity contribution >= 4 is 40.5 Å². The predicted molar refractivity (Wildman–Crippen MR) is 116 cm³/mol. The van der Waals surface area contributed by atoms with Gasteiger partial charge in [0, 0.05) is 22.4 Å². The largest absolute Gasteiger partial charge is 0.326 e. The molecule has 3 rings (SSSR count). The Morgan fingerprint density at radius 2 is 1.86 bits per heavy atom. The first-order valence-corrected chi connectivity index (χ1v) is 10.8. The number of thioether (sulfide) groups is 1. The molecule has 1 heterocycles. The van der Waals surface area contributed by atoms with E-state index in [1.54, 1.807) is 47.4 Å². The number of hydrogen-bond donors (Lipinski definition) is 1. The number of aryl methyl sites for hydroxylation is 2. The molecular weight excluding hydrogens is 388 g/mol. The summed E-state index contributed by atoms with van der Waals surface area (Å²) in [6.45, 7) is 5.74. The van der Waals surface area contributed by atoms with E-state index in [0.717, 1.165) is 15.8 Å². The Hall–Kier alpha value is -2.44. The van der Waals surface area contributed by atoms with Crippen molar-refractivity contribution in [3.05, 3.63) is 75.8 Å². The number of rotatable bonds is 7. The number of ketones is 1. The maximum absolute atomic E-state index is 12.3. The van der Waals surface area contributed by atoms with Gasteiger partial charge in [-0.15, -0.1) is 11.3 Å². The highest BCUT2D eigenvalue weighted by Crippen LogP contribution is 2.28. The van der Waals surface area contributed by atoms with Crippen LogP contribution in [-0.2, 0) is 17.0 Å². The van der Waals surface area contributed by atoms with Gasteiger partial charge in [0.25, 0.3) is 0 Å². The zero-order valence-electron chi connectivity index (χ0n) is 16.1. The number of nitrogens with zero attached hydrogens (tertiary/aromatic N) is 1. The highest BCUT2D eigenvalue weighted by Gasteiger charge is 2.10. The lowest BCUT2D eigenvalue weighted by molar-refractivity contribution is -0.115. The summed E-state index contributed by atoms with van der Waals surface area (Å²) in [5, 5.41) is 4.78. The number of amides is 1. The fourth-order valence-electron chi connectivity index (χ4n) is 2.69. The lowest BCUT2D eigenvalue weighted by Crippen LogP contribution is -2.14. The molecule has 1 N–H and O–H groups in total. The monoisotopic (exact) mass is 410 g/mol. The Balaban J connectivity index is 1.54. The lowest BCUT2D eigenvalue weighted by Gasteiger charge is -2.05. The van der Waals surface area contributed by atoms with Crippen LogP contribution in [0, 0.1) is 13.8 Å².